The van der Waals surface area contributed by atoms with Crippen LogP contribution < -0.4 is 5.32 Å². The van der Waals surface area contributed by atoms with Crippen molar-refractivity contribution in [1.29, 1.82) is 0 Å². The molecule has 1 amide bonds. The van der Waals surface area contributed by atoms with Gasteiger partial charge in [-0.3, -0.25) is 4.79 Å². The molecule has 2 aromatic carbocycles. The molecular weight excluding hydrogens is 329 g/mol. The van der Waals surface area contributed by atoms with Crippen molar-refractivity contribution in [2.24, 2.45) is 0 Å². The molecule has 1 unspecified atom stereocenters. The molecule has 1 heterocycles. The number of alkyl halides is 3. The monoisotopic (exact) mass is 340 g/mol. The van der Waals surface area contributed by atoms with Crippen LogP contribution in [-0.4, -0.2) is 23.5 Å². The van der Waals surface area contributed by atoms with E-state index in [9.17, 15) is 18.0 Å². The summed E-state index contributed by atoms with van der Waals surface area (Å²) in [6, 6.07) is 12.9. The van der Waals surface area contributed by atoms with Gasteiger partial charge in [-0.15, -0.1) is 0 Å². The second-order valence-electron chi connectivity index (χ2n) is 5.20. The maximum atomic E-state index is 12.9. The summed E-state index contributed by atoms with van der Waals surface area (Å²) < 4.78 is 38.7. The smallest absolute Gasteiger partial charge is 0.361 e. The zero-order valence-electron chi connectivity index (χ0n) is 11.8. The Balaban J connectivity index is 2.06. The Morgan fingerprint density at radius 2 is 1.87 bits per heavy atom. The Hall–Kier alpha value is -2.21. The summed E-state index contributed by atoms with van der Waals surface area (Å²) in [5.41, 5.74) is 1.21. The van der Waals surface area contributed by atoms with Crippen molar-refractivity contribution in [2.75, 3.05) is 11.9 Å². The highest BCUT2D eigenvalue weighted by molar-refractivity contribution is 6.30. The highest BCUT2D eigenvalue weighted by atomic mass is 35.5. The van der Waals surface area contributed by atoms with E-state index in [1.807, 2.05) is 0 Å². The molecule has 0 fully saturated rings. The number of carbonyl (C=O) groups excluding carboxylic acids is 1. The Morgan fingerprint density at radius 1 is 1.13 bits per heavy atom. The van der Waals surface area contributed by atoms with Crippen LogP contribution in [0, 0.1) is 0 Å². The van der Waals surface area contributed by atoms with Gasteiger partial charge in [0.2, 0.25) is 0 Å². The molecule has 7 heteroatoms. The second-order valence-corrected chi connectivity index (χ2v) is 5.63. The average Bonchev–Trinajstić information content (AvgIpc) is 2.49. The predicted octanol–water partition coefficient (Wildman–Crippen LogP) is 4.47. The van der Waals surface area contributed by atoms with Crippen LogP contribution in [0.15, 0.2) is 48.5 Å². The normalized spacial score (nSPS) is 17.7. The van der Waals surface area contributed by atoms with Crippen molar-refractivity contribution in [1.82, 2.24) is 4.90 Å². The van der Waals surface area contributed by atoms with E-state index in [1.165, 1.54) is 6.07 Å². The molecule has 23 heavy (non-hydrogen) atoms. The summed E-state index contributed by atoms with van der Waals surface area (Å²) in [5.74, 6) is -0.665. The largest absolute Gasteiger partial charge is 0.406 e. The van der Waals surface area contributed by atoms with Crippen molar-refractivity contribution >= 4 is 23.2 Å². The molecule has 0 spiro atoms. The van der Waals surface area contributed by atoms with Crippen molar-refractivity contribution in [2.45, 2.75) is 12.3 Å². The van der Waals surface area contributed by atoms with E-state index >= 15 is 0 Å². The molecule has 1 aliphatic heterocycles. The van der Waals surface area contributed by atoms with Crippen molar-refractivity contribution < 1.29 is 18.0 Å². The number of benzene rings is 2. The van der Waals surface area contributed by atoms with Gasteiger partial charge in [0.1, 0.15) is 12.7 Å². The highest BCUT2D eigenvalue weighted by Crippen LogP contribution is 2.35. The summed E-state index contributed by atoms with van der Waals surface area (Å²) in [5, 5.41) is 3.38. The van der Waals surface area contributed by atoms with Gasteiger partial charge in [-0.05, 0) is 29.8 Å². The van der Waals surface area contributed by atoms with Crippen LogP contribution in [0.5, 0.6) is 0 Å². The Labute approximate surface area is 135 Å². The van der Waals surface area contributed by atoms with E-state index < -0.39 is 24.8 Å². The number of anilines is 1. The second kappa shape index (κ2) is 5.77. The Morgan fingerprint density at radius 3 is 2.57 bits per heavy atom. The minimum absolute atomic E-state index is 0.218. The third-order valence-corrected chi connectivity index (χ3v) is 3.77. The first kappa shape index (κ1) is 15.7. The van der Waals surface area contributed by atoms with Gasteiger partial charge in [-0.1, -0.05) is 35.9 Å². The van der Waals surface area contributed by atoms with Crippen molar-refractivity contribution in [3.8, 4) is 0 Å². The van der Waals surface area contributed by atoms with E-state index in [2.05, 4.69) is 5.32 Å². The van der Waals surface area contributed by atoms with Crippen molar-refractivity contribution in [3.63, 3.8) is 0 Å². The molecule has 2 aromatic rings. The number of amides is 1. The number of hydrogen-bond donors (Lipinski definition) is 1. The third-order valence-electron chi connectivity index (χ3n) is 3.54. The number of nitrogens with zero attached hydrogens (tertiary/aromatic N) is 1. The van der Waals surface area contributed by atoms with Gasteiger partial charge < -0.3 is 10.2 Å². The van der Waals surface area contributed by atoms with Gasteiger partial charge >= 0.3 is 6.18 Å². The number of rotatable bonds is 2. The average molecular weight is 341 g/mol. The molecule has 0 aliphatic carbocycles. The van der Waals surface area contributed by atoms with Gasteiger partial charge in [0.15, 0.2) is 0 Å². The molecule has 3 rings (SSSR count). The topological polar surface area (TPSA) is 32.3 Å². The van der Waals surface area contributed by atoms with Crippen LogP contribution in [0.3, 0.4) is 0 Å². The zero-order chi connectivity index (χ0) is 16.6. The van der Waals surface area contributed by atoms with Gasteiger partial charge in [0.25, 0.3) is 5.91 Å². The molecule has 1 aliphatic rings. The molecular formula is C16H12ClF3N2O. The molecule has 1 N–H and O–H groups in total. The van der Waals surface area contributed by atoms with Gasteiger partial charge in [-0.25, -0.2) is 0 Å². The first-order valence-electron chi connectivity index (χ1n) is 6.84. The predicted molar refractivity (Wildman–Crippen MR) is 81.3 cm³/mol. The fraction of sp³-hybridized carbons (Fsp3) is 0.188. The van der Waals surface area contributed by atoms with Gasteiger partial charge in [0.05, 0.1) is 5.56 Å². The van der Waals surface area contributed by atoms with E-state index in [1.54, 1.807) is 42.5 Å². The first-order valence-corrected chi connectivity index (χ1v) is 7.22. The summed E-state index contributed by atoms with van der Waals surface area (Å²) in [7, 11) is 0. The zero-order valence-corrected chi connectivity index (χ0v) is 12.5. The molecule has 0 bridgehead atoms. The van der Waals surface area contributed by atoms with Crippen LogP contribution >= 0.6 is 11.6 Å². The lowest BCUT2D eigenvalue weighted by molar-refractivity contribution is -0.144. The molecule has 3 nitrogen and oxygen atoms in total. The van der Waals surface area contributed by atoms with E-state index in [4.69, 9.17) is 11.6 Å². The fourth-order valence-corrected chi connectivity index (χ4v) is 2.79. The van der Waals surface area contributed by atoms with E-state index in [0.717, 1.165) is 4.90 Å². The molecule has 0 saturated heterocycles. The van der Waals surface area contributed by atoms with Crippen LogP contribution in [0.2, 0.25) is 5.02 Å². The fourth-order valence-electron chi connectivity index (χ4n) is 2.59. The Kier molecular flexibility index (Phi) is 3.93. The molecule has 0 saturated carbocycles. The van der Waals surface area contributed by atoms with Gasteiger partial charge in [0, 0.05) is 10.7 Å². The van der Waals surface area contributed by atoms with Crippen LogP contribution in [-0.2, 0) is 0 Å². The highest BCUT2D eigenvalue weighted by Gasteiger charge is 2.40. The standard InChI is InChI=1S/C16H12ClF3N2O/c17-11-5-3-4-10(8-11)14-21-13-7-2-1-6-12(13)15(23)22(14)9-16(18,19)20/h1-8,14,21H,9H2. The first-order chi connectivity index (χ1) is 10.8. The number of hydrogen-bond acceptors (Lipinski definition) is 2. The maximum Gasteiger partial charge on any atom is 0.406 e. The quantitative estimate of drug-likeness (QED) is 0.875. The minimum Gasteiger partial charge on any atom is -0.361 e. The molecule has 1 atom stereocenters. The number of carbonyl (C=O) groups is 1. The van der Waals surface area contributed by atoms with Crippen molar-refractivity contribution in [3.05, 3.63) is 64.7 Å². The maximum absolute atomic E-state index is 12.9. The molecule has 0 radical (unpaired) electrons. The minimum atomic E-state index is -4.50. The van der Waals surface area contributed by atoms with Gasteiger partial charge in [-0.2, -0.15) is 13.2 Å². The summed E-state index contributed by atoms with van der Waals surface area (Å²) >= 11 is 5.93. The van der Waals surface area contributed by atoms with Crippen LogP contribution in [0.1, 0.15) is 22.1 Å². The number of para-hydroxylation sites is 1. The molecule has 0 aromatic heterocycles. The van der Waals surface area contributed by atoms with Crippen LogP contribution in [0.25, 0.3) is 0 Å². The number of nitrogens with one attached hydrogen (secondary N) is 1. The lowest BCUT2D eigenvalue weighted by Crippen LogP contribution is -2.47. The lowest BCUT2D eigenvalue weighted by Gasteiger charge is -2.38. The SMILES string of the molecule is O=C1c2ccccc2NC(c2cccc(Cl)c2)N1CC(F)(F)F. The summed E-state index contributed by atoms with van der Waals surface area (Å²) in [4.78, 5) is 13.3. The van der Waals surface area contributed by atoms with E-state index in [-0.39, 0.29) is 5.56 Å². The van der Waals surface area contributed by atoms with Crippen LogP contribution in [0.4, 0.5) is 18.9 Å². The number of halogens is 4. The Bertz CT molecular complexity index is 748. The molecule has 120 valence electrons. The number of fused-ring (bicyclic) bond motifs is 1. The lowest BCUT2D eigenvalue weighted by atomic mass is 10.0. The van der Waals surface area contributed by atoms with E-state index in [0.29, 0.717) is 16.3 Å². The third kappa shape index (κ3) is 3.27. The summed E-state index contributed by atoms with van der Waals surface area (Å²) in [6.07, 6.45) is -5.43. The summed E-state index contributed by atoms with van der Waals surface area (Å²) in [6.45, 7) is -1.34.